The van der Waals surface area contributed by atoms with E-state index in [1.807, 2.05) is 24.3 Å². The van der Waals surface area contributed by atoms with Crippen LogP contribution in [0.2, 0.25) is 0 Å². The summed E-state index contributed by atoms with van der Waals surface area (Å²) in [5.41, 5.74) is 2.39. The summed E-state index contributed by atoms with van der Waals surface area (Å²) >= 11 is 0. The number of unbranched alkanes of at least 4 members (excludes halogenated alkanes) is 1. The largest absolute Gasteiger partial charge is 0.493 e. The van der Waals surface area contributed by atoms with E-state index in [0.29, 0.717) is 44.0 Å². The zero-order valence-corrected chi connectivity index (χ0v) is 25.0. The van der Waals surface area contributed by atoms with Crippen LogP contribution in [0.1, 0.15) is 70.1 Å². The number of aromatic nitrogens is 1. The van der Waals surface area contributed by atoms with Gasteiger partial charge in [-0.1, -0.05) is 44.9 Å². The van der Waals surface area contributed by atoms with Crippen LogP contribution in [-0.4, -0.2) is 72.8 Å². The lowest BCUT2D eigenvalue weighted by Crippen LogP contribution is -2.44. The first-order valence-corrected chi connectivity index (χ1v) is 15.2. The molecule has 0 fully saturated rings. The number of pyridine rings is 1. The number of anilines is 1. The number of carboxylic acids is 1. The molecule has 9 heteroatoms. The fourth-order valence-corrected chi connectivity index (χ4v) is 5.17. The number of carbonyl (C=O) groups is 2. The zero-order chi connectivity index (χ0) is 29.5. The highest BCUT2D eigenvalue weighted by Crippen LogP contribution is 2.25. The number of nitrogens with one attached hydrogen (secondary N) is 2. The molecule has 3 N–H and O–H groups in total. The number of aliphatic carboxylic acids is 1. The Morgan fingerprint density at radius 3 is 2.59 bits per heavy atom. The van der Waals surface area contributed by atoms with Crippen LogP contribution in [-0.2, 0) is 22.4 Å². The van der Waals surface area contributed by atoms with Gasteiger partial charge in [0.05, 0.1) is 7.11 Å². The second kappa shape index (κ2) is 17.5. The van der Waals surface area contributed by atoms with Crippen molar-refractivity contribution in [3.63, 3.8) is 0 Å². The van der Waals surface area contributed by atoms with Crippen LogP contribution in [0.15, 0.2) is 36.4 Å². The summed E-state index contributed by atoms with van der Waals surface area (Å²) in [6.07, 6.45) is 7.54. The van der Waals surface area contributed by atoms with Crippen molar-refractivity contribution in [1.82, 2.24) is 15.2 Å². The number of benzene rings is 1. The monoisotopic (exact) mass is 568 g/mol. The van der Waals surface area contributed by atoms with Crippen molar-refractivity contribution >= 4 is 17.7 Å². The molecule has 1 unspecified atom stereocenters. The van der Waals surface area contributed by atoms with E-state index in [4.69, 9.17) is 14.5 Å². The lowest BCUT2D eigenvalue weighted by atomic mass is 9.99. The van der Waals surface area contributed by atoms with Crippen molar-refractivity contribution in [1.29, 1.82) is 0 Å². The summed E-state index contributed by atoms with van der Waals surface area (Å²) in [7, 11) is 1.62. The Hall–Kier alpha value is -3.33. The van der Waals surface area contributed by atoms with Gasteiger partial charge in [0, 0.05) is 31.7 Å². The fourth-order valence-electron chi connectivity index (χ4n) is 5.17. The number of methoxy groups -OCH3 is 1. The number of para-hydroxylation sites is 2. The van der Waals surface area contributed by atoms with Gasteiger partial charge in [-0.3, -0.25) is 9.69 Å². The molecular formula is C32H48N4O5. The van der Waals surface area contributed by atoms with Gasteiger partial charge in [-0.15, -0.1) is 0 Å². The molecule has 41 heavy (non-hydrogen) atoms. The molecule has 1 aromatic heterocycles. The molecule has 0 saturated heterocycles. The van der Waals surface area contributed by atoms with Crippen molar-refractivity contribution < 1.29 is 24.2 Å². The number of hydrogen-bond donors (Lipinski definition) is 3. The van der Waals surface area contributed by atoms with E-state index in [1.54, 1.807) is 7.11 Å². The van der Waals surface area contributed by atoms with Crippen LogP contribution in [0.25, 0.3) is 0 Å². The third-order valence-electron chi connectivity index (χ3n) is 7.84. The standard InChI is InChI=1S/C32H48N4O5/c1-4-24(5-2)23-30(37)35-27(32(38)39)17-20-36(21-22-41-29-14-7-6-13-28(29)40-3)19-9-8-12-26-16-15-25-11-10-18-33-31(25)34-26/h6-7,13-16,24,27H,4-5,8-12,17-23H2,1-3H3,(H,33,34)(H,35,37)(H,38,39). The number of carboxylic acid groups (broad SMARTS) is 1. The van der Waals surface area contributed by atoms with E-state index in [-0.39, 0.29) is 11.8 Å². The summed E-state index contributed by atoms with van der Waals surface area (Å²) in [6.45, 7) is 7.50. The molecule has 9 nitrogen and oxygen atoms in total. The van der Waals surface area contributed by atoms with Crippen molar-refractivity contribution in [3.05, 3.63) is 47.7 Å². The summed E-state index contributed by atoms with van der Waals surface area (Å²) < 4.78 is 11.4. The number of rotatable bonds is 19. The van der Waals surface area contributed by atoms with Gasteiger partial charge in [-0.25, -0.2) is 9.78 Å². The van der Waals surface area contributed by atoms with Crippen molar-refractivity contribution in [2.24, 2.45) is 5.92 Å². The van der Waals surface area contributed by atoms with Gasteiger partial charge in [0.1, 0.15) is 18.5 Å². The number of ether oxygens (including phenoxy) is 2. The molecule has 0 spiro atoms. The first kappa shape index (κ1) is 32.2. The Morgan fingerprint density at radius 1 is 1.07 bits per heavy atom. The van der Waals surface area contributed by atoms with Crippen LogP contribution in [0.5, 0.6) is 11.5 Å². The van der Waals surface area contributed by atoms with Gasteiger partial charge in [0.25, 0.3) is 0 Å². The topological polar surface area (TPSA) is 113 Å². The first-order valence-electron chi connectivity index (χ1n) is 15.2. The van der Waals surface area contributed by atoms with Crippen LogP contribution in [0, 0.1) is 5.92 Å². The molecule has 1 aliphatic rings. The SMILES string of the molecule is CCC(CC)CC(=O)NC(CCN(CCCCc1ccc2c(n1)NCCC2)CCOc1ccccc1OC)C(=O)O. The highest BCUT2D eigenvalue weighted by atomic mass is 16.5. The Morgan fingerprint density at radius 2 is 1.85 bits per heavy atom. The average molecular weight is 569 g/mol. The molecule has 226 valence electrons. The number of carbonyl (C=O) groups excluding carboxylic acids is 1. The van der Waals surface area contributed by atoms with Crippen LogP contribution < -0.4 is 20.1 Å². The summed E-state index contributed by atoms with van der Waals surface area (Å²) in [4.78, 5) is 31.5. The first-order chi connectivity index (χ1) is 19.9. The Bertz CT molecular complexity index is 1090. The number of aryl methyl sites for hydroxylation is 2. The third-order valence-corrected chi connectivity index (χ3v) is 7.84. The van der Waals surface area contributed by atoms with Gasteiger partial charge in [-0.2, -0.15) is 0 Å². The van der Waals surface area contributed by atoms with E-state index in [9.17, 15) is 14.7 Å². The maximum atomic E-state index is 12.5. The summed E-state index contributed by atoms with van der Waals surface area (Å²) in [6, 6.07) is 10.9. The van der Waals surface area contributed by atoms with Crippen molar-refractivity contribution in [2.75, 3.05) is 45.2 Å². The molecule has 0 radical (unpaired) electrons. The van der Waals surface area contributed by atoms with Gasteiger partial charge in [0.2, 0.25) is 5.91 Å². The molecule has 1 atom stereocenters. The van der Waals surface area contributed by atoms with Crippen LogP contribution in [0.3, 0.4) is 0 Å². The van der Waals surface area contributed by atoms with Crippen molar-refractivity contribution in [3.8, 4) is 11.5 Å². The molecule has 2 aromatic rings. The molecule has 0 aliphatic carbocycles. The molecule has 0 bridgehead atoms. The third kappa shape index (κ3) is 10.9. The number of nitrogens with zero attached hydrogens (tertiary/aromatic N) is 2. The fraction of sp³-hybridized carbons (Fsp3) is 0.594. The second-order valence-electron chi connectivity index (χ2n) is 10.8. The normalized spacial score (nSPS) is 13.4. The Labute approximate surface area is 245 Å². The highest BCUT2D eigenvalue weighted by molar-refractivity contribution is 5.83. The lowest BCUT2D eigenvalue weighted by Gasteiger charge is -2.25. The lowest BCUT2D eigenvalue weighted by molar-refractivity contribution is -0.142. The minimum absolute atomic E-state index is 0.191. The minimum Gasteiger partial charge on any atom is -0.493 e. The number of fused-ring (bicyclic) bond motifs is 1. The van der Waals surface area contributed by atoms with Gasteiger partial charge in [-0.05, 0) is 74.8 Å². The molecule has 1 amide bonds. The maximum absolute atomic E-state index is 12.5. The van der Waals surface area contributed by atoms with Gasteiger partial charge >= 0.3 is 5.97 Å². The average Bonchev–Trinajstić information content (AvgIpc) is 2.99. The van der Waals surface area contributed by atoms with Crippen LogP contribution in [0.4, 0.5) is 5.82 Å². The maximum Gasteiger partial charge on any atom is 0.326 e. The van der Waals surface area contributed by atoms with Gasteiger partial charge in [0.15, 0.2) is 11.5 Å². The molecule has 2 heterocycles. The minimum atomic E-state index is -1.000. The predicted octanol–water partition coefficient (Wildman–Crippen LogP) is 4.94. The molecule has 3 rings (SSSR count). The van der Waals surface area contributed by atoms with E-state index < -0.39 is 12.0 Å². The summed E-state index contributed by atoms with van der Waals surface area (Å²) in [5, 5.41) is 16.0. The van der Waals surface area contributed by atoms with E-state index >= 15 is 0 Å². The molecule has 1 aliphatic heterocycles. The summed E-state index contributed by atoms with van der Waals surface area (Å²) in [5.74, 6) is 1.46. The predicted molar refractivity (Wildman–Crippen MR) is 162 cm³/mol. The Balaban J connectivity index is 1.54. The number of hydrogen-bond acceptors (Lipinski definition) is 7. The van der Waals surface area contributed by atoms with Crippen molar-refractivity contribution in [2.45, 2.75) is 77.7 Å². The smallest absolute Gasteiger partial charge is 0.326 e. The quantitative estimate of drug-likeness (QED) is 0.204. The Kier molecular flexibility index (Phi) is 13.7. The van der Waals surface area contributed by atoms with E-state index in [2.05, 4.69) is 41.5 Å². The molecular weight excluding hydrogens is 520 g/mol. The van der Waals surface area contributed by atoms with E-state index in [1.165, 1.54) is 5.56 Å². The molecule has 0 saturated carbocycles. The molecule has 1 aromatic carbocycles. The highest BCUT2D eigenvalue weighted by Gasteiger charge is 2.22. The van der Waals surface area contributed by atoms with Gasteiger partial charge < -0.3 is 25.2 Å². The van der Waals surface area contributed by atoms with E-state index in [0.717, 1.165) is 69.5 Å². The van der Waals surface area contributed by atoms with Crippen LogP contribution >= 0.6 is 0 Å². The zero-order valence-electron chi connectivity index (χ0n) is 25.0. The number of amides is 1. The second-order valence-corrected chi connectivity index (χ2v) is 10.8.